The first kappa shape index (κ1) is 14.4. The molecule has 2 rings (SSSR count). The quantitative estimate of drug-likeness (QED) is 0.660. The molecule has 108 valence electrons. The van der Waals surface area contributed by atoms with E-state index in [0.29, 0.717) is 31.9 Å². The molecule has 1 aromatic carbocycles. The van der Waals surface area contributed by atoms with Crippen LogP contribution >= 0.6 is 0 Å². The Bertz CT molecular complexity index is 512. The first-order valence-electron chi connectivity index (χ1n) is 6.42. The van der Waals surface area contributed by atoms with Gasteiger partial charge in [-0.3, -0.25) is 19.8 Å². The van der Waals surface area contributed by atoms with Crippen molar-refractivity contribution in [2.75, 3.05) is 38.2 Å². The van der Waals surface area contributed by atoms with Gasteiger partial charge >= 0.3 is 0 Å². The third-order valence-electron chi connectivity index (χ3n) is 3.18. The summed E-state index contributed by atoms with van der Waals surface area (Å²) in [5.41, 5.74) is 0.866. The lowest BCUT2D eigenvalue weighted by Gasteiger charge is -2.25. The number of nitro benzene ring substituents is 1. The Labute approximate surface area is 116 Å². The second-order valence-corrected chi connectivity index (χ2v) is 4.66. The Balaban J connectivity index is 2.05. The van der Waals surface area contributed by atoms with Crippen LogP contribution in [0.1, 0.15) is 5.56 Å². The fraction of sp³-hybridized carbons (Fsp3) is 0.462. The minimum absolute atomic E-state index is 0.0830. The maximum absolute atomic E-state index is 12.0. The second-order valence-electron chi connectivity index (χ2n) is 4.66. The molecule has 1 amide bonds. The van der Waals surface area contributed by atoms with Crippen LogP contribution in [0.2, 0.25) is 0 Å². The van der Waals surface area contributed by atoms with Gasteiger partial charge in [-0.05, 0) is 12.5 Å². The molecule has 1 saturated heterocycles. The smallest absolute Gasteiger partial charge is 0.293 e. The van der Waals surface area contributed by atoms with Crippen molar-refractivity contribution >= 4 is 17.3 Å². The number of carbonyl (C=O) groups excluding carboxylic acids is 1. The molecule has 0 aromatic heterocycles. The number of hydrogen-bond acceptors (Lipinski definition) is 5. The molecule has 1 fully saturated rings. The SMILES string of the molecule is Cc1cccc([N+](=O)[O-])c1NC(=O)CN1CCOCC1. The van der Waals surface area contributed by atoms with Crippen LogP contribution in [0, 0.1) is 17.0 Å². The highest BCUT2D eigenvalue weighted by atomic mass is 16.6. The van der Waals surface area contributed by atoms with Gasteiger partial charge in [0.05, 0.1) is 24.7 Å². The Morgan fingerprint density at radius 1 is 1.45 bits per heavy atom. The number of benzene rings is 1. The van der Waals surface area contributed by atoms with Gasteiger partial charge < -0.3 is 10.1 Å². The van der Waals surface area contributed by atoms with Gasteiger partial charge in [0.15, 0.2) is 0 Å². The maximum Gasteiger partial charge on any atom is 0.293 e. The molecule has 1 aliphatic rings. The second kappa shape index (κ2) is 6.44. The summed E-state index contributed by atoms with van der Waals surface area (Å²) in [6.07, 6.45) is 0. The van der Waals surface area contributed by atoms with E-state index >= 15 is 0 Å². The number of nitrogens with one attached hydrogen (secondary N) is 1. The maximum atomic E-state index is 12.0. The van der Waals surface area contributed by atoms with Crippen molar-refractivity contribution in [3.05, 3.63) is 33.9 Å². The van der Waals surface area contributed by atoms with Crippen molar-refractivity contribution in [1.29, 1.82) is 0 Å². The van der Waals surface area contributed by atoms with Crippen molar-refractivity contribution in [2.45, 2.75) is 6.92 Å². The number of rotatable bonds is 4. The van der Waals surface area contributed by atoms with E-state index in [1.165, 1.54) is 6.07 Å². The van der Waals surface area contributed by atoms with Crippen LogP contribution in [-0.2, 0) is 9.53 Å². The largest absolute Gasteiger partial charge is 0.379 e. The minimum atomic E-state index is -0.489. The van der Waals surface area contributed by atoms with E-state index in [2.05, 4.69) is 5.32 Å². The molecule has 1 N–H and O–H groups in total. The lowest BCUT2D eigenvalue weighted by molar-refractivity contribution is -0.384. The van der Waals surface area contributed by atoms with E-state index in [4.69, 9.17) is 4.74 Å². The fourth-order valence-electron chi connectivity index (χ4n) is 2.11. The number of nitro groups is 1. The van der Waals surface area contributed by atoms with Crippen LogP contribution in [0.3, 0.4) is 0 Å². The number of carbonyl (C=O) groups is 1. The van der Waals surface area contributed by atoms with Crippen molar-refractivity contribution in [2.24, 2.45) is 0 Å². The van der Waals surface area contributed by atoms with Gasteiger partial charge in [0, 0.05) is 19.2 Å². The molecule has 1 heterocycles. The van der Waals surface area contributed by atoms with Crippen molar-refractivity contribution in [3.63, 3.8) is 0 Å². The normalized spacial score (nSPS) is 15.8. The van der Waals surface area contributed by atoms with Crippen LogP contribution in [0.5, 0.6) is 0 Å². The van der Waals surface area contributed by atoms with Crippen LogP contribution in [0.4, 0.5) is 11.4 Å². The predicted octanol–water partition coefficient (Wildman–Crippen LogP) is 1.17. The van der Waals surface area contributed by atoms with E-state index < -0.39 is 4.92 Å². The van der Waals surface area contributed by atoms with E-state index in [0.717, 1.165) is 0 Å². The van der Waals surface area contributed by atoms with Gasteiger partial charge in [-0.15, -0.1) is 0 Å². The highest BCUT2D eigenvalue weighted by Crippen LogP contribution is 2.27. The molecule has 0 unspecified atom stereocenters. The number of aryl methyl sites for hydroxylation is 1. The third-order valence-corrected chi connectivity index (χ3v) is 3.18. The van der Waals surface area contributed by atoms with Crippen molar-refractivity contribution < 1.29 is 14.5 Å². The number of hydrogen-bond donors (Lipinski definition) is 1. The summed E-state index contributed by atoms with van der Waals surface area (Å²) in [5, 5.41) is 13.6. The third kappa shape index (κ3) is 3.52. The number of anilines is 1. The predicted molar refractivity (Wildman–Crippen MR) is 73.7 cm³/mol. The number of ether oxygens (including phenoxy) is 1. The molecule has 7 nitrogen and oxygen atoms in total. The molecule has 20 heavy (non-hydrogen) atoms. The summed E-state index contributed by atoms with van der Waals surface area (Å²) in [6, 6.07) is 4.72. The summed E-state index contributed by atoms with van der Waals surface area (Å²) in [6.45, 7) is 4.56. The molecule has 1 aromatic rings. The van der Waals surface area contributed by atoms with E-state index in [-0.39, 0.29) is 23.8 Å². The molecule has 0 spiro atoms. The van der Waals surface area contributed by atoms with Crippen LogP contribution in [0.25, 0.3) is 0 Å². The van der Waals surface area contributed by atoms with Crippen molar-refractivity contribution in [3.8, 4) is 0 Å². The van der Waals surface area contributed by atoms with E-state index in [1.54, 1.807) is 19.1 Å². The zero-order valence-corrected chi connectivity index (χ0v) is 11.3. The Morgan fingerprint density at radius 2 is 2.15 bits per heavy atom. The zero-order chi connectivity index (χ0) is 14.5. The van der Waals surface area contributed by atoms with Gasteiger partial charge in [-0.1, -0.05) is 12.1 Å². The Morgan fingerprint density at radius 3 is 2.80 bits per heavy atom. The number of nitrogens with zero attached hydrogens (tertiary/aromatic N) is 2. The fourth-order valence-corrected chi connectivity index (χ4v) is 2.11. The number of para-hydroxylation sites is 1. The summed E-state index contributed by atoms with van der Waals surface area (Å²) in [5.74, 6) is -0.246. The van der Waals surface area contributed by atoms with Crippen LogP contribution in [-0.4, -0.2) is 48.6 Å². The molecule has 0 radical (unpaired) electrons. The summed E-state index contributed by atoms with van der Waals surface area (Å²) >= 11 is 0. The molecule has 0 atom stereocenters. The van der Waals surface area contributed by atoms with Gasteiger partial charge in [0.25, 0.3) is 5.69 Å². The zero-order valence-electron chi connectivity index (χ0n) is 11.3. The van der Waals surface area contributed by atoms with Gasteiger partial charge in [-0.2, -0.15) is 0 Å². The Kier molecular flexibility index (Phi) is 4.65. The number of morpholine rings is 1. The van der Waals surface area contributed by atoms with Crippen LogP contribution < -0.4 is 5.32 Å². The average Bonchev–Trinajstić information content (AvgIpc) is 2.42. The van der Waals surface area contributed by atoms with Crippen molar-refractivity contribution in [1.82, 2.24) is 4.90 Å². The first-order valence-corrected chi connectivity index (χ1v) is 6.42. The summed E-state index contributed by atoms with van der Waals surface area (Å²) in [7, 11) is 0. The Hall–Kier alpha value is -1.99. The highest BCUT2D eigenvalue weighted by molar-refractivity contribution is 5.95. The monoisotopic (exact) mass is 279 g/mol. The van der Waals surface area contributed by atoms with E-state index in [9.17, 15) is 14.9 Å². The standard InChI is InChI=1S/C13H17N3O4/c1-10-3-2-4-11(16(18)19)13(10)14-12(17)9-15-5-7-20-8-6-15/h2-4H,5-9H2,1H3,(H,14,17). The van der Waals surface area contributed by atoms with Gasteiger partial charge in [0.2, 0.25) is 5.91 Å². The molecular weight excluding hydrogens is 262 g/mol. The molecule has 7 heteroatoms. The lowest BCUT2D eigenvalue weighted by atomic mass is 10.1. The van der Waals surface area contributed by atoms with Crippen LogP contribution in [0.15, 0.2) is 18.2 Å². The van der Waals surface area contributed by atoms with Gasteiger partial charge in [0.1, 0.15) is 5.69 Å². The molecule has 0 bridgehead atoms. The summed E-state index contributed by atoms with van der Waals surface area (Å²) in [4.78, 5) is 24.4. The van der Waals surface area contributed by atoms with Gasteiger partial charge in [-0.25, -0.2) is 0 Å². The van der Waals surface area contributed by atoms with E-state index in [1.807, 2.05) is 4.90 Å². The molecule has 0 aliphatic carbocycles. The first-order chi connectivity index (χ1) is 9.58. The number of amides is 1. The highest BCUT2D eigenvalue weighted by Gasteiger charge is 2.19. The molecular formula is C13H17N3O4. The topological polar surface area (TPSA) is 84.7 Å². The average molecular weight is 279 g/mol. The minimum Gasteiger partial charge on any atom is -0.379 e. The molecule has 1 aliphatic heterocycles. The lowest BCUT2D eigenvalue weighted by Crippen LogP contribution is -2.41. The summed E-state index contributed by atoms with van der Waals surface area (Å²) < 4.78 is 5.21. The molecule has 0 saturated carbocycles.